The number of anilines is 1. The topological polar surface area (TPSA) is 112 Å². The van der Waals surface area contributed by atoms with Crippen LogP contribution < -0.4 is 16.1 Å². The summed E-state index contributed by atoms with van der Waals surface area (Å²) in [5.41, 5.74) is -0.787. The van der Waals surface area contributed by atoms with Crippen LogP contribution in [0.3, 0.4) is 0 Å². The van der Waals surface area contributed by atoms with Crippen LogP contribution in [-0.2, 0) is 30.2 Å². The fourth-order valence-electron chi connectivity index (χ4n) is 3.30. The van der Waals surface area contributed by atoms with E-state index >= 15 is 0 Å². The molecular formula is C15H21N5O5. The minimum Gasteiger partial charge on any atom is -0.480 e. The maximum absolute atomic E-state index is 12.6. The molecule has 10 nitrogen and oxygen atoms in total. The van der Waals surface area contributed by atoms with Gasteiger partial charge in [-0.1, -0.05) is 0 Å². The van der Waals surface area contributed by atoms with Crippen molar-refractivity contribution in [2.45, 2.75) is 32.6 Å². The summed E-state index contributed by atoms with van der Waals surface area (Å²) in [7, 11) is 2.87. The molecule has 2 aromatic rings. The van der Waals surface area contributed by atoms with Gasteiger partial charge >= 0.3 is 11.7 Å². The normalized spacial score (nSPS) is 21.0. The summed E-state index contributed by atoms with van der Waals surface area (Å²) in [6, 6.07) is 0. The van der Waals surface area contributed by atoms with Gasteiger partial charge in [0.05, 0.1) is 12.2 Å². The number of aliphatic carboxylic acids is 1. The Bertz CT molecular complexity index is 946. The third-order valence-electron chi connectivity index (χ3n) is 4.32. The molecule has 1 fully saturated rings. The van der Waals surface area contributed by atoms with Gasteiger partial charge in [0, 0.05) is 27.2 Å². The fraction of sp³-hybridized carbons (Fsp3) is 0.600. The highest BCUT2D eigenvalue weighted by Crippen LogP contribution is 2.23. The Balaban J connectivity index is 2.30. The number of nitrogens with zero attached hydrogens (tertiary/aromatic N) is 5. The summed E-state index contributed by atoms with van der Waals surface area (Å²) in [4.78, 5) is 42.4. The highest BCUT2D eigenvalue weighted by molar-refractivity contribution is 5.78. The number of imidazole rings is 1. The van der Waals surface area contributed by atoms with E-state index in [4.69, 9.17) is 4.74 Å². The first-order valence-corrected chi connectivity index (χ1v) is 7.99. The molecule has 2 atom stereocenters. The van der Waals surface area contributed by atoms with Gasteiger partial charge in [-0.3, -0.25) is 23.3 Å². The molecule has 1 aliphatic heterocycles. The van der Waals surface area contributed by atoms with E-state index in [-0.39, 0.29) is 23.4 Å². The van der Waals surface area contributed by atoms with Crippen LogP contribution in [0.25, 0.3) is 11.2 Å². The largest absolute Gasteiger partial charge is 0.480 e. The third-order valence-corrected chi connectivity index (χ3v) is 4.32. The molecule has 0 radical (unpaired) electrons. The lowest BCUT2D eigenvalue weighted by molar-refractivity contribution is -0.137. The molecule has 3 rings (SSSR count). The second-order valence-electron chi connectivity index (χ2n) is 6.43. The number of hydrogen-bond donors (Lipinski definition) is 1. The molecule has 1 aliphatic rings. The van der Waals surface area contributed by atoms with Gasteiger partial charge in [0.15, 0.2) is 11.2 Å². The van der Waals surface area contributed by atoms with Gasteiger partial charge < -0.3 is 14.7 Å². The van der Waals surface area contributed by atoms with Crippen molar-refractivity contribution in [2.24, 2.45) is 14.1 Å². The van der Waals surface area contributed by atoms with Crippen LogP contribution in [0.2, 0.25) is 0 Å². The molecule has 25 heavy (non-hydrogen) atoms. The van der Waals surface area contributed by atoms with E-state index in [1.165, 1.54) is 23.2 Å². The molecule has 0 bridgehead atoms. The molecule has 2 aromatic heterocycles. The van der Waals surface area contributed by atoms with Crippen molar-refractivity contribution in [3.05, 3.63) is 20.8 Å². The van der Waals surface area contributed by atoms with Crippen LogP contribution in [0.1, 0.15) is 13.8 Å². The Morgan fingerprint density at radius 2 is 1.80 bits per heavy atom. The average Bonchev–Trinajstić information content (AvgIpc) is 2.88. The van der Waals surface area contributed by atoms with Gasteiger partial charge in [-0.05, 0) is 13.8 Å². The van der Waals surface area contributed by atoms with E-state index in [0.29, 0.717) is 19.0 Å². The number of morpholine rings is 1. The Morgan fingerprint density at radius 3 is 2.36 bits per heavy atom. The molecule has 1 N–H and O–H groups in total. The summed E-state index contributed by atoms with van der Waals surface area (Å²) in [6.07, 6.45) is -0.123. The fourth-order valence-corrected chi connectivity index (χ4v) is 3.30. The minimum atomic E-state index is -1.09. The molecule has 0 aromatic carbocycles. The first kappa shape index (κ1) is 17.2. The van der Waals surface area contributed by atoms with Gasteiger partial charge in [0.25, 0.3) is 5.56 Å². The van der Waals surface area contributed by atoms with Gasteiger partial charge in [-0.2, -0.15) is 4.98 Å². The van der Waals surface area contributed by atoms with Crippen molar-refractivity contribution in [1.82, 2.24) is 18.7 Å². The Hall–Kier alpha value is -2.62. The van der Waals surface area contributed by atoms with E-state index in [2.05, 4.69) is 4.98 Å². The monoisotopic (exact) mass is 351 g/mol. The highest BCUT2D eigenvalue weighted by Gasteiger charge is 2.29. The minimum absolute atomic E-state index is 0.0616. The smallest absolute Gasteiger partial charge is 0.332 e. The zero-order chi connectivity index (χ0) is 18.5. The summed E-state index contributed by atoms with van der Waals surface area (Å²) in [5.74, 6) is -0.733. The summed E-state index contributed by atoms with van der Waals surface area (Å²) < 4.78 is 9.28. The number of fused-ring (bicyclic) bond motifs is 1. The van der Waals surface area contributed by atoms with Gasteiger partial charge in [-0.25, -0.2) is 4.79 Å². The van der Waals surface area contributed by atoms with Crippen molar-refractivity contribution in [1.29, 1.82) is 0 Å². The van der Waals surface area contributed by atoms with E-state index in [1.807, 2.05) is 18.7 Å². The third kappa shape index (κ3) is 2.82. The van der Waals surface area contributed by atoms with Gasteiger partial charge in [0.2, 0.25) is 5.95 Å². The van der Waals surface area contributed by atoms with Crippen molar-refractivity contribution in [2.75, 3.05) is 18.0 Å². The van der Waals surface area contributed by atoms with Crippen LogP contribution in [0.15, 0.2) is 9.59 Å². The molecule has 0 aliphatic carbocycles. The van der Waals surface area contributed by atoms with Crippen molar-refractivity contribution in [3.63, 3.8) is 0 Å². The number of hydrogen-bond acceptors (Lipinski definition) is 6. The Morgan fingerprint density at radius 1 is 1.20 bits per heavy atom. The molecule has 0 amide bonds. The van der Waals surface area contributed by atoms with Crippen LogP contribution >= 0.6 is 0 Å². The van der Waals surface area contributed by atoms with Gasteiger partial charge in [0.1, 0.15) is 6.54 Å². The number of aromatic nitrogens is 4. The zero-order valence-electron chi connectivity index (χ0n) is 14.6. The lowest BCUT2D eigenvalue weighted by Crippen LogP contribution is -2.46. The molecule has 2 unspecified atom stereocenters. The number of carboxylic acids is 1. The standard InChI is InChI=1S/C15H21N5O5/c1-8-5-19(6-9(2)25-8)14-16-12-11(20(14)7-10(21)22)13(23)18(4)15(24)17(12)3/h8-9H,5-7H2,1-4H3,(H,21,22). The van der Waals surface area contributed by atoms with E-state index in [9.17, 15) is 19.5 Å². The van der Waals surface area contributed by atoms with E-state index in [0.717, 1.165) is 4.57 Å². The Labute approximate surface area is 142 Å². The first-order chi connectivity index (χ1) is 11.7. The summed E-state index contributed by atoms with van der Waals surface area (Å²) in [6.45, 7) is 4.45. The molecular weight excluding hydrogens is 330 g/mol. The quantitative estimate of drug-likeness (QED) is 0.765. The average molecular weight is 351 g/mol. The molecule has 0 saturated carbocycles. The molecule has 136 valence electrons. The number of aryl methyl sites for hydroxylation is 1. The molecule has 3 heterocycles. The SMILES string of the molecule is CC1CN(c2nc3c(c(=O)n(C)c(=O)n3C)n2CC(=O)O)CC(C)O1. The lowest BCUT2D eigenvalue weighted by Gasteiger charge is -2.35. The first-order valence-electron chi connectivity index (χ1n) is 7.99. The van der Waals surface area contributed by atoms with Crippen LogP contribution in [0.4, 0.5) is 5.95 Å². The van der Waals surface area contributed by atoms with E-state index in [1.54, 1.807) is 0 Å². The van der Waals surface area contributed by atoms with Gasteiger partial charge in [-0.15, -0.1) is 0 Å². The summed E-state index contributed by atoms with van der Waals surface area (Å²) in [5, 5.41) is 9.29. The van der Waals surface area contributed by atoms with Crippen LogP contribution in [0, 0.1) is 0 Å². The van der Waals surface area contributed by atoms with Crippen LogP contribution in [0.5, 0.6) is 0 Å². The molecule has 1 saturated heterocycles. The van der Waals surface area contributed by atoms with Crippen LogP contribution in [-0.4, -0.2) is 55.1 Å². The second kappa shape index (κ2) is 6.03. The highest BCUT2D eigenvalue weighted by atomic mass is 16.5. The number of carboxylic acid groups (broad SMARTS) is 1. The molecule has 10 heteroatoms. The number of carbonyl (C=O) groups is 1. The Kier molecular flexibility index (Phi) is 4.15. The van der Waals surface area contributed by atoms with Crippen molar-refractivity contribution >= 4 is 23.1 Å². The zero-order valence-corrected chi connectivity index (χ0v) is 14.6. The maximum atomic E-state index is 12.6. The maximum Gasteiger partial charge on any atom is 0.332 e. The summed E-state index contributed by atoms with van der Waals surface area (Å²) >= 11 is 0. The predicted molar refractivity (Wildman–Crippen MR) is 90.1 cm³/mol. The lowest BCUT2D eigenvalue weighted by atomic mass is 10.2. The second-order valence-corrected chi connectivity index (χ2v) is 6.43. The molecule has 0 spiro atoms. The van der Waals surface area contributed by atoms with Crippen molar-refractivity contribution < 1.29 is 14.6 Å². The van der Waals surface area contributed by atoms with Crippen molar-refractivity contribution in [3.8, 4) is 0 Å². The van der Waals surface area contributed by atoms with E-state index < -0.39 is 23.8 Å². The number of rotatable bonds is 3. The predicted octanol–water partition coefficient (Wildman–Crippen LogP) is -0.868. The number of ether oxygens (including phenoxy) is 1.